The Balaban J connectivity index is 2.06. The van der Waals surface area contributed by atoms with E-state index in [1.54, 1.807) is 36.7 Å². The Bertz CT molecular complexity index is 525. The van der Waals surface area contributed by atoms with Crippen molar-refractivity contribution >= 4 is 17.5 Å². The van der Waals surface area contributed by atoms with Crippen molar-refractivity contribution in [1.82, 2.24) is 10.3 Å². The molecule has 2 rings (SSSR count). The van der Waals surface area contributed by atoms with Crippen LogP contribution in [0.3, 0.4) is 0 Å². The Morgan fingerprint density at radius 3 is 2.39 bits per heavy atom. The van der Waals surface area contributed by atoms with E-state index in [9.17, 15) is 4.79 Å². The number of pyridine rings is 1. The molecule has 1 N–H and O–H groups in total. The van der Waals surface area contributed by atoms with Crippen LogP contribution in [-0.4, -0.2) is 10.9 Å². The minimum absolute atomic E-state index is 0.0591. The predicted octanol–water partition coefficient (Wildman–Crippen LogP) is 3.23. The van der Waals surface area contributed by atoms with E-state index in [4.69, 9.17) is 11.6 Å². The first-order chi connectivity index (χ1) is 8.66. The van der Waals surface area contributed by atoms with E-state index in [1.165, 1.54) is 0 Å². The number of amides is 1. The molecule has 0 aliphatic heterocycles. The third-order valence-corrected chi connectivity index (χ3v) is 2.91. The molecule has 2 aromatic rings. The Morgan fingerprint density at radius 1 is 1.17 bits per heavy atom. The zero-order valence-corrected chi connectivity index (χ0v) is 10.7. The van der Waals surface area contributed by atoms with Crippen molar-refractivity contribution in [3.05, 3.63) is 64.9 Å². The molecule has 1 atom stereocenters. The number of nitrogens with zero attached hydrogens (tertiary/aromatic N) is 1. The second kappa shape index (κ2) is 5.65. The van der Waals surface area contributed by atoms with E-state index >= 15 is 0 Å². The van der Waals surface area contributed by atoms with Gasteiger partial charge in [-0.25, -0.2) is 0 Å². The molecule has 0 unspecified atom stereocenters. The van der Waals surface area contributed by atoms with Crippen LogP contribution in [-0.2, 0) is 0 Å². The molecule has 3 nitrogen and oxygen atoms in total. The number of nitrogens with one attached hydrogen (secondary N) is 1. The highest BCUT2D eigenvalue weighted by molar-refractivity contribution is 6.30. The molecule has 0 fully saturated rings. The van der Waals surface area contributed by atoms with Crippen molar-refractivity contribution in [1.29, 1.82) is 0 Å². The lowest BCUT2D eigenvalue weighted by Gasteiger charge is -2.14. The van der Waals surface area contributed by atoms with E-state index in [0.717, 1.165) is 5.56 Å². The van der Waals surface area contributed by atoms with Crippen LogP contribution in [0.25, 0.3) is 0 Å². The van der Waals surface area contributed by atoms with Crippen LogP contribution in [0.5, 0.6) is 0 Å². The monoisotopic (exact) mass is 260 g/mol. The number of rotatable bonds is 3. The summed E-state index contributed by atoms with van der Waals surface area (Å²) in [6, 6.07) is 10.5. The van der Waals surface area contributed by atoms with E-state index in [-0.39, 0.29) is 11.9 Å². The Morgan fingerprint density at radius 2 is 1.78 bits per heavy atom. The van der Waals surface area contributed by atoms with Gasteiger partial charge in [-0.15, -0.1) is 0 Å². The lowest BCUT2D eigenvalue weighted by atomic mass is 10.1. The predicted molar refractivity (Wildman–Crippen MR) is 71.6 cm³/mol. The van der Waals surface area contributed by atoms with Crippen molar-refractivity contribution in [2.24, 2.45) is 0 Å². The smallest absolute Gasteiger partial charge is 0.251 e. The molecule has 1 heterocycles. The van der Waals surface area contributed by atoms with Gasteiger partial charge in [0.1, 0.15) is 0 Å². The number of hydrogen-bond donors (Lipinski definition) is 1. The first kappa shape index (κ1) is 12.6. The van der Waals surface area contributed by atoms with Gasteiger partial charge in [0, 0.05) is 23.0 Å². The second-order valence-electron chi connectivity index (χ2n) is 3.98. The molecule has 18 heavy (non-hydrogen) atoms. The van der Waals surface area contributed by atoms with Gasteiger partial charge < -0.3 is 5.32 Å². The Kier molecular flexibility index (Phi) is 3.95. The summed E-state index contributed by atoms with van der Waals surface area (Å²) >= 11 is 5.78. The van der Waals surface area contributed by atoms with Crippen molar-refractivity contribution in [3.63, 3.8) is 0 Å². The zero-order valence-electron chi connectivity index (χ0n) is 9.93. The lowest BCUT2D eigenvalue weighted by Crippen LogP contribution is -2.26. The van der Waals surface area contributed by atoms with Gasteiger partial charge >= 0.3 is 0 Å². The highest BCUT2D eigenvalue weighted by Crippen LogP contribution is 2.13. The van der Waals surface area contributed by atoms with Crippen LogP contribution in [0.2, 0.25) is 5.02 Å². The average Bonchev–Trinajstić information content (AvgIpc) is 2.40. The molecular formula is C14H13ClN2O. The standard InChI is InChI=1S/C14H13ClN2O/c1-10(11-6-8-16-9-7-11)17-14(18)12-2-4-13(15)5-3-12/h2-10H,1H3,(H,17,18)/t10-/m0/s1. The first-order valence-corrected chi connectivity index (χ1v) is 6.01. The first-order valence-electron chi connectivity index (χ1n) is 5.63. The molecule has 1 aromatic carbocycles. The van der Waals surface area contributed by atoms with E-state index in [2.05, 4.69) is 10.3 Å². The summed E-state index contributed by atoms with van der Waals surface area (Å²) in [5.74, 6) is -0.115. The zero-order chi connectivity index (χ0) is 13.0. The third kappa shape index (κ3) is 3.08. The van der Waals surface area contributed by atoms with Gasteiger partial charge in [0.05, 0.1) is 6.04 Å². The normalized spacial score (nSPS) is 11.9. The summed E-state index contributed by atoms with van der Waals surface area (Å²) in [5, 5.41) is 3.54. The minimum atomic E-state index is -0.115. The fourth-order valence-electron chi connectivity index (χ4n) is 1.62. The van der Waals surface area contributed by atoms with Crippen LogP contribution in [0.1, 0.15) is 28.9 Å². The molecule has 4 heteroatoms. The number of benzene rings is 1. The van der Waals surface area contributed by atoms with E-state index in [0.29, 0.717) is 10.6 Å². The van der Waals surface area contributed by atoms with Crippen molar-refractivity contribution < 1.29 is 4.79 Å². The Labute approximate surface area is 111 Å². The molecule has 1 amide bonds. The van der Waals surface area contributed by atoms with Gasteiger partial charge in [-0.1, -0.05) is 11.6 Å². The summed E-state index contributed by atoms with van der Waals surface area (Å²) < 4.78 is 0. The fourth-order valence-corrected chi connectivity index (χ4v) is 1.74. The number of aromatic nitrogens is 1. The summed E-state index contributed by atoms with van der Waals surface area (Å²) in [7, 11) is 0. The summed E-state index contributed by atoms with van der Waals surface area (Å²) in [6.45, 7) is 1.93. The highest BCUT2D eigenvalue weighted by Gasteiger charge is 2.10. The molecule has 0 radical (unpaired) electrons. The van der Waals surface area contributed by atoms with Gasteiger partial charge in [0.15, 0.2) is 0 Å². The van der Waals surface area contributed by atoms with E-state index < -0.39 is 0 Å². The molecular weight excluding hydrogens is 248 g/mol. The largest absolute Gasteiger partial charge is 0.346 e. The third-order valence-electron chi connectivity index (χ3n) is 2.66. The molecule has 0 saturated heterocycles. The quantitative estimate of drug-likeness (QED) is 0.921. The van der Waals surface area contributed by atoms with Crippen molar-refractivity contribution in [2.75, 3.05) is 0 Å². The summed E-state index contributed by atoms with van der Waals surface area (Å²) in [4.78, 5) is 15.9. The average molecular weight is 261 g/mol. The maximum Gasteiger partial charge on any atom is 0.251 e. The highest BCUT2D eigenvalue weighted by atomic mass is 35.5. The number of carbonyl (C=O) groups excluding carboxylic acids is 1. The Hall–Kier alpha value is -1.87. The van der Waals surface area contributed by atoms with Gasteiger partial charge in [0.25, 0.3) is 5.91 Å². The molecule has 0 aliphatic rings. The van der Waals surface area contributed by atoms with E-state index in [1.807, 2.05) is 19.1 Å². The molecule has 92 valence electrons. The summed E-state index contributed by atoms with van der Waals surface area (Å²) in [5.41, 5.74) is 1.62. The van der Waals surface area contributed by atoms with Gasteiger partial charge in [-0.3, -0.25) is 9.78 Å². The van der Waals surface area contributed by atoms with Crippen LogP contribution in [0, 0.1) is 0 Å². The molecule has 0 bridgehead atoms. The lowest BCUT2D eigenvalue weighted by molar-refractivity contribution is 0.0940. The van der Waals surface area contributed by atoms with Crippen LogP contribution < -0.4 is 5.32 Å². The molecule has 0 saturated carbocycles. The van der Waals surface area contributed by atoms with Crippen LogP contribution in [0.15, 0.2) is 48.8 Å². The minimum Gasteiger partial charge on any atom is -0.346 e. The maximum atomic E-state index is 12.0. The number of hydrogen-bond acceptors (Lipinski definition) is 2. The number of halogens is 1. The molecule has 0 spiro atoms. The van der Waals surface area contributed by atoms with Crippen LogP contribution in [0.4, 0.5) is 0 Å². The topological polar surface area (TPSA) is 42.0 Å². The van der Waals surface area contributed by atoms with Gasteiger partial charge in [-0.05, 0) is 48.9 Å². The molecule has 1 aromatic heterocycles. The van der Waals surface area contributed by atoms with Crippen molar-refractivity contribution in [2.45, 2.75) is 13.0 Å². The SMILES string of the molecule is C[C@H](NC(=O)c1ccc(Cl)cc1)c1ccncc1. The second-order valence-corrected chi connectivity index (χ2v) is 4.42. The van der Waals surface area contributed by atoms with Crippen molar-refractivity contribution in [3.8, 4) is 0 Å². The van der Waals surface area contributed by atoms with Crippen LogP contribution >= 0.6 is 11.6 Å². The fraction of sp³-hybridized carbons (Fsp3) is 0.143. The summed E-state index contributed by atoms with van der Waals surface area (Å²) in [6.07, 6.45) is 3.42. The van der Waals surface area contributed by atoms with Gasteiger partial charge in [0.2, 0.25) is 0 Å². The molecule has 0 aliphatic carbocycles. The maximum absolute atomic E-state index is 12.0. The van der Waals surface area contributed by atoms with Gasteiger partial charge in [-0.2, -0.15) is 0 Å². The number of carbonyl (C=O) groups is 1.